The lowest BCUT2D eigenvalue weighted by Gasteiger charge is -2.24. The van der Waals surface area contributed by atoms with Gasteiger partial charge >= 0.3 is 0 Å². The number of nitrogens with zero attached hydrogens (tertiary/aromatic N) is 1. The topological polar surface area (TPSA) is 32.3 Å². The quantitative estimate of drug-likeness (QED) is 0.938. The van der Waals surface area contributed by atoms with E-state index in [1.807, 2.05) is 18.2 Å². The third-order valence-corrected chi connectivity index (χ3v) is 3.81. The number of carbonyl (C=O) groups is 1. The highest BCUT2D eigenvalue weighted by molar-refractivity contribution is 5.94. The van der Waals surface area contributed by atoms with Crippen LogP contribution in [0.1, 0.15) is 12.5 Å². The summed E-state index contributed by atoms with van der Waals surface area (Å²) in [6.45, 7) is 2.32. The molecule has 0 saturated carbocycles. The first-order valence-corrected chi connectivity index (χ1v) is 7.04. The van der Waals surface area contributed by atoms with E-state index in [0.29, 0.717) is 0 Å². The zero-order valence-electron chi connectivity index (χ0n) is 11.8. The van der Waals surface area contributed by atoms with E-state index in [-0.39, 0.29) is 24.2 Å². The molecule has 0 aromatic heterocycles. The van der Waals surface area contributed by atoms with Gasteiger partial charge in [-0.15, -0.1) is 0 Å². The molecule has 0 unspecified atom stereocenters. The molecule has 0 fully saturated rings. The molecule has 108 valence electrons. The van der Waals surface area contributed by atoms with Gasteiger partial charge in [0.25, 0.3) is 0 Å². The van der Waals surface area contributed by atoms with Crippen LogP contribution in [-0.4, -0.2) is 18.5 Å². The van der Waals surface area contributed by atoms with Crippen molar-refractivity contribution in [3.05, 3.63) is 59.9 Å². The molecule has 3 nitrogen and oxygen atoms in total. The highest BCUT2D eigenvalue weighted by Crippen LogP contribution is 2.31. The van der Waals surface area contributed by atoms with Gasteiger partial charge in [-0.1, -0.05) is 30.3 Å². The fraction of sp³-hybridized carbons (Fsp3) is 0.235. The number of benzene rings is 2. The standard InChI is InChI=1S/C17H17FN2O/c1-12-10-13-6-2-5-9-16(13)20(12)11-17(21)19-15-8-4-3-7-14(15)18/h2-9,12H,10-11H2,1H3,(H,19,21)/t12-/m0/s1. The first-order valence-electron chi connectivity index (χ1n) is 7.04. The third kappa shape index (κ3) is 2.75. The minimum atomic E-state index is -0.416. The minimum Gasteiger partial charge on any atom is -0.359 e. The van der Waals surface area contributed by atoms with Crippen molar-refractivity contribution in [1.82, 2.24) is 0 Å². The summed E-state index contributed by atoms with van der Waals surface area (Å²) in [5, 5.41) is 2.63. The van der Waals surface area contributed by atoms with Crippen LogP contribution in [0.3, 0.4) is 0 Å². The maximum absolute atomic E-state index is 13.6. The fourth-order valence-electron chi connectivity index (χ4n) is 2.78. The van der Waals surface area contributed by atoms with Gasteiger partial charge in [-0.2, -0.15) is 0 Å². The van der Waals surface area contributed by atoms with Crippen molar-refractivity contribution >= 4 is 17.3 Å². The first kappa shape index (κ1) is 13.6. The number of para-hydroxylation sites is 2. The highest BCUT2D eigenvalue weighted by atomic mass is 19.1. The Morgan fingerprint density at radius 2 is 1.95 bits per heavy atom. The zero-order chi connectivity index (χ0) is 14.8. The lowest BCUT2D eigenvalue weighted by molar-refractivity contribution is -0.115. The van der Waals surface area contributed by atoms with Crippen LogP contribution in [0.4, 0.5) is 15.8 Å². The molecule has 3 rings (SSSR count). The van der Waals surface area contributed by atoms with E-state index in [4.69, 9.17) is 0 Å². The van der Waals surface area contributed by atoms with Crippen molar-refractivity contribution in [3.8, 4) is 0 Å². The van der Waals surface area contributed by atoms with Crippen LogP contribution in [0.25, 0.3) is 0 Å². The van der Waals surface area contributed by atoms with E-state index >= 15 is 0 Å². The van der Waals surface area contributed by atoms with Gasteiger partial charge in [0, 0.05) is 11.7 Å². The summed E-state index contributed by atoms with van der Waals surface area (Å²) >= 11 is 0. The Morgan fingerprint density at radius 1 is 1.24 bits per heavy atom. The van der Waals surface area contributed by atoms with Crippen LogP contribution >= 0.6 is 0 Å². The molecule has 1 heterocycles. The van der Waals surface area contributed by atoms with E-state index in [0.717, 1.165) is 12.1 Å². The molecule has 1 aliphatic heterocycles. The maximum atomic E-state index is 13.6. The molecular formula is C17H17FN2O. The SMILES string of the molecule is C[C@H]1Cc2ccccc2N1CC(=O)Nc1ccccc1F. The molecule has 1 N–H and O–H groups in total. The second-order valence-corrected chi connectivity index (χ2v) is 5.34. The summed E-state index contributed by atoms with van der Waals surface area (Å²) in [7, 11) is 0. The van der Waals surface area contributed by atoms with Crippen LogP contribution in [0.2, 0.25) is 0 Å². The first-order chi connectivity index (χ1) is 10.1. The molecule has 0 spiro atoms. The van der Waals surface area contributed by atoms with Gasteiger partial charge < -0.3 is 10.2 Å². The molecule has 1 aliphatic rings. The monoisotopic (exact) mass is 284 g/mol. The molecular weight excluding hydrogens is 267 g/mol. The van der Waals surface area contributed by atoms with Crippen molar-refractivity contribution in [2.45, 2.75) is 19.4 Å². The molecule has 0 bridgehead atoms. The van der Waals surface area contributed by atoms with Crippen LogP contribution in [-0.2, 0) is 11.2 Å². The summed E-state index contributed by atoms with van der Waals surface area (Å²) in [5.74, 6) is -0.621. The Bertz CT molecular complexity index is 671. The van der Waals surface area contributed by atoms with Crippen LogP contribution in [0.5, 0.6) is 0 Å². The van der Waals surface area contributed by atoms with E-state index in [2.05, 4.69) is 23.2 Å². The number of amides is 1. The van der Waals surface area contributed by atoms with Crippen molar-refractivity contribution in [3.63, 3.8) is 0 Å². The van der Waals surface area contributed by atoms with Crippen molar-refractivity contribution < 1.29 is 9.18 Å². The second-order valence-electron chi connectivity index (χ2n) is 5.34. The Hall–Kier alpha value is -2.36. The third-order valence-electron chi connectivity index (χ3n) is 3.81. The predicted molar refractivity (Wildman–Crippen MR) is 82.0 cm³/mol. The Labute approximate surface area is 123 Å². The van der Waals surface area contributed by atoms with Crippen molar-refractivity contribution in [1.29, 1.82) is 0 Å². The number of halogens is 1. The largest absolute Gasteiger partial charge is 0.359 e. The molecule has 2 aromatic carbocycles. The second kappa shape index (κ2) is 5.56. The summed E-state index contributed by atoms with van der Waals surface area (Å²) in [6.07, 6.45) is 0.934. The van der Waals surface area contributed by atoms with Gasteiger partial charge in [0.05, 0.1) is 12.2 Å². The zero-order valence-corrected chi connectivity index (χ0v) is 11.8. The lowest BCUT2D eigenvalue weighted by atomic mass is 10.1. The van der Waals surface area contributed by atoms with E-state index in [1.54, 1.807) is 18.2 Å². The molecule has 0 radical (unpaired) electrons. The van der Waals surface area contributed by atoms with Crippen molar-refractivity contribution in [2.24, 2.45) is 0 Å². The fourth-order valence-corrected chi connectivity index (χ4v) is 2.78. The molecule has 0 aliphatic carbocycles. The Balaban J connectivity index is 1.72. The number of rotatable bonds is 3. The van der Waals surface area contributed by atoms with Gasteiger partial charge in [0.2, 0.25) is 5.91 Å². The van der Waals surface area contributed by atoms with Gasteiger partial charge in [-0.3, -0.25) is 4.79 Å². The Kier molecular flexibility index (Phi) is 3.60. The summed E-state index contributed by atoms with van der Waals surface area (Å²) < 4.78 is 13.6. The highest BCUT2D eigenvalue weighted by Gasteiger charge is 2.27. The van der Waals surface area contributed by atoms with Crippen LogP contribution < -0.4 is 10.2 Å². The van der Waals surface area contributed by atoms with Gasteiger partial charge in [-0.25, -0.2) is 4.39 Å². The molecule has 1 atom stereocenters. The molecule has 21 heavy (non-hydrogen) atoms. The van der Waals surface area contributed by atoms with Crippen molar-refractivity contribution in [2.75, 3.05) is 16.8 Å². The molecule has 2 aromatic rings. The number of carbonyl (C=O) groups excluding carboxylic acids is 1. The van der Waals surface area contributed by atoms with Gasteiger partial charge in [0.1, 0.15) is 5.82 Å². The van der Waals surface area contributed by atoms with Gasteiger partial charge in [0.15, 0.2) is 0 Å². The lowest BCUT2D eigenvalue weighted by Crippen LogP contribution is -2.37. The number of hydrogen-bond donors (Lipinski definition) is 1. The van der Waals surface area contributed by atoms with E-state index < -0.39 is 5.82 Å². The average molecular weight is 284 g/mol. The molecule has 0 saturated heterocycles. The summed E-state index contributed by atoms with van der Waals surface area (Å²) in [6, 6.07) is 14.6. The minimum absolute atomic E-state index is 0.205. The average Bonchev–Trinajstić information content (AvgIpc) is 2.78. The van der Waals surface area contributed by atoms with Crippen LogP contribution in [0, 0.1) is 5.82 Å². The molecule has 4 heteroatoms. The number of anilines is 2. The maximum Gasteiger partial charge on any atom is 0.243 e. The number of hydrogen-bond acceptors (Lipinski definition) is 2. The Morgan fingerprint density at radius 3 is 2.76 bits per heavy atom. The number of fused-ring (bicyclic) bond motifs is 1. The summed E-state index contributed by atoms with van der Waals surface area (Å²) in [4.78, 5) is 14.2. The predicted octanol–water partition coefficient (Wildman–Crippen LogP) is 3.22. The van der Waals surface area contributed by atoms with Gasteiger partial charge in [-0.05, 0) is 37.1 Å². The smallest absolute Gasteiger partial charge is 0.243 e. The van der Waals surface area contributed by atoms with E-state index in [1.165, 1.54) is 11.6 Å². The molecule has 1 amide bonds. The number of nitrogens with one attached hydrogen (secondary N) is 1. The summed E-state index contributed by atoms with van der Waals surface area (Å²) in [5.41, 5.74) is 2.57. The van der Waals surface area contributed by atoms with Crippen LogP contribution in [0.15, 0.2) is 48.5 Å². The van der Waals surface area contributed by atoms with E-state index in [9.17, 15) is 9.18 Å². The normalized spacial score (nSPS) is 16.7.